The topological polar surface area (TPSA) is 63.0 Å². The summed E-state index contributed by atoms with van der Waals surface area (Å²) in [5.74, 6) is 1.34. The van der Waals surface area contributed by atoms with Crippen molar-refractivity contribution < 1.29 is 4.39 Å². The molecule has 1 aliphatic rings. The van der Waals surface area contributed by atoms with Gasteiger partial charge in [-0.1, -0.05) is 30.3 Å². The van der Waals surface area contributed by atoms with Crippen LogP contribution in [0.25, 0.3) is 11.2 Å². The largest absolute Gasteiger partial charge is 0.352 e. The van der Waals surface area contributed by atoms with Gasteiger partial charge in [0.05, 0.1) is 6.54 Å². The van der Waals surface area contributed by atoms with E-state index in [2.05, 4.69) is 32.1 Å². The zero-order chi connectivity index (χ0) is 18.1. The van der Waals surface area contributed by atoms with Crippen LogP contribution in [-0.2, 0) is 13.0 Å². The zero-order valence-corrected chi connectivity index (χ0v) is 15.1. The molecule has 1 fully saturated rings. The third-order valence-corrected chi connectivity index (χ3v) is 4.79. The molecule has 1 aliphatic heterocycles. The fraction of sp³-hybridized carbons (Fsp3) is 0.444. The second-order valence-corrected chi connectivity index (χ2v) is 6.62. The van der Waals surface area contributed by atoms with Gasteiger partial charge in [0.25, 0.3) is 0 Å². The maximum atomic E-state index is 14.0. The number of benzene rings is 1. The Bertz CT molecular complexity index is 915. The summed E-state index contributed by atoms with van der Waals surface area (Å²) >= 11 is 0. The number of nitrogens with zero attached hydrogens (tertiary/aromatic N) is 7. The van der Waals surface area contributed by atoms with Crippen molar-refractivity contribution in [1.29, 1.82) is 0 Å². The minimum Gasteiger partial charge on any atom is -0.352 e. The first-order valence-corrected chi connectivity index (χ1v) is 8.92. The van der Waals surface area contributed by atoms with E-state index < -0.39 is 0 Å². The number of hydrogen-bond acceptors (Lipinski definition) is 6. The highest BCUT2D eigenvalue weighted by Crippen LogP contribution is 2.24. The molecule has 0 atom stereocenters. The summed E-state index contributed by atoms with van der Waals surface area (Å²) in [7, 11) is 2.12. The molecule has 1 saturated heterocycles. The van der Waals surface area contributed by atoms with Crippen molar-refractivity contribution in [3.63, 3.8) is 0 Å². The van der Waals surface area contributed by atoms with Crippen LogP contribution in [0.1, 0.15) is 18.3 Å². The van der Waals surface area contributed by atoms with Gasteiger partial charge in [-0.2, -0.15) is 0 Å². The van der Waals surface area contributed by atoms with Crippen LogP contribution in [0, 0.1) is 5.82 Å². The van der Waals surface area contributed by atoms with Gasteiger partial charge < -0.3 is 9.80 Å². The lowest BCUT2D eigenvalue weighted by atomic mass is 10.2. The fourth-order valence-corrected chi connectivity index (χ4v) is 3.18. The molecule has 0 N–H and O–H groups in total. The minimum atomic E-state index is -0.250. The van der Waals surface area contributed by atoms with Gasteiger partial charge in [0, 0.05) is 38.2 Å². The number of aryl methyl sites for hydroxylation is 1. The van der Waals surface area contributed by atoms with E-state index in [-0.39, 0.29) is 5.82 Å². The quantitative estimate of drug-likeness (QED) is 0.710. The Labute approximate surface area is 151 Å². The molecule has 8 heteroatoms. The SMILES string of the molecule is CCc1nc(N2CCN(C)CC2)c2nnn(Cc3ccccc3F)c2n1. The highest BCUT2D eigenvalue weighted by Gasteiger charge is 2.22. The van der Waals surface area contributed by atoms with Gasteiger partial charge in [-0.15, -0.1) is 5.10 Å². The molecular formula is C18H22FN7. The van der Waals surface area contributed by atoms with Crippen LogP contribution in [0.4, 0.5) is 10.2 Å². The molecular weight excluding hydrogens is 333 g/mol. The average Bonchev–Trinajstić information content (AvgIpc) is 3.06. The van der Waals surface area contributed by atoms with Crippen LogP contribution < -0.4 is 4.90 Å². The van der Waals surface area contributed by atoms with E-state index in [9.17, 15) is 4.39 Å². The Morgan fingerprint density at radius 1 is 1.08 bits per heavy atom. The van der Waals surface area contributed by atoms with Gasteiger partial charge in [-0.05, 0) is 13.1 Å². The third kappa shape index (κ3) is 3.12. The fourth-order valence-electron chi connectivity index (χ4n) is 3.18. The smallest absolute Gasteiger partial charge is 0.184 e. The van der Waals surface area contributed by atoms with E-state index in [4.69, 9.17) is 4.98 Å². The molecule has 0 spiro atoms. The molecule has 136 valence electrons. The molecule has 1 aromatic carbocycles. The van der Waals surface area contributed by atoms with Gasteiger partial charge in [0.2, 0.25) is 0 Å². The molecule has 26 heavy (non-hydrogen) atoms. The summed E-state index contributed by atoms with van der Waals surface area (Å²) in [6, 6.07) is 6.71. The Morgan fingerprint density at radius 3 is 2.58 bits per heavy atom. The van der Waals surface area contributed by atoms with Crippen LogP contribution in [0.5, 0.6) is 0 Å². The number of fused-ring (bicyclic) bond motifs is 1. The van der Waals surface area contributed by atoms with E-state index in [1.165, 1.54) is 6.07 Å². The number of piperazine rings is 1. The first kappa shape index (κ1) is 16.8. The van der Waals surface area contributed by atoms with Crippen molar-refractivity contribution in [3.05, 3.63) is 41.5 Å². The average molecular weight is 355 g/mol. The molecule has 0 unspecified atom stereocenters. The van der Waals surface area contributed by atoms with Gasteiger partial charge in [-0.25, -0.2) is 19.0 Å². The van der Waals surface area contributed by atoms with Crippen molar-refractivity contribution in [2.75, 3.05) is 38.1 Å². The van der Waals surface area contributed by atoms with Crippen molar-refractivity contribution >= 4 is 17.0 Å². The summed E-state index contributed by atoms with van der Waals surface area (Å²) < 4.78 is 15.7. The lowest BCUT2D eigenvalue weighted by molar-refractivity contribution is 0.312. The predicted octanol–water partition coefficient (Wildman–Crippen LogP) is 1.72. The standard InChI is InChI=1S/C18H22FN7/c1-3-15-20-17(25-10-8-24(2)9-11-25)16-18(21-15)26(23-22-16)12-13-6-4-5-7-14(13)19/h4-7H,3,8-12H2,1-2H3. The maximum Gasteiger partial charge on any atom is 0.184 e. The summed E-state index contributed by atoms with van der Waals surface area (Å²) in [6.45, 7) is 6.08. The van der Waals surface area contributed by atoms with Crippen molar-refractivity contribution in [1.82, 2.24) is 29.9 Å². The predicted molar refractivity (Wildman–Crippen MR) is 97.7 cm³/mol. The monoisotopic (exact) mass is 355 g/mol. The molecule has 3 heterocycles. The molecule has 3 aromatic rings. The lowest BCUT2D eigenvalue weighted by Crippen LogP contribution is -2.45. The highest BCUT2D eigenvalue weighted by molar-refractivity contribution is 5.83. The molecule has 2 aromatic heterocycles. The molecule has 0 aliphatic carbocycles. The number of anilines is 1. The van der Waals surface area contributed by atoms with Gasteiger partial charge in [-0.3, -0.25) is 0 Å². The van der Waals surface area contributed by atoms with Gasteiger partial charge in [0.1, 0.15) is 11.6 Å². The lowest BCUT2D eigenvalue weighted by Gasteiger charge is -2.33. The van der Waals surface area contributed by atoms with Crippen molar-refractivity contribution in [2.45, 2.75) is 19.9 Å². The number of hydrogen-bond donors (Lipinski definition) is 0. The number of aromatic nitrogens is 5. The van der Waals surface area contributed by atoms with Crippen LogP contribution >= 0.6 is 0 Å². The summed E-state index contributed by atoms with van der Waals surface area (Å²) in [4.78, 5) is 13.9. The van der Waals surface area contributed by atoms with E-state index in [0.717, 1.165) is 44.2 Å². The van der Waals surface area contributed by atoms with Crippen LogP contribution in [-0.4, -0.2) is 63.1 Å². The number of halogens is 1. The first-order valence-electron chi connectivity index (χ1n) is 8.92. The Kier molecular flexibility index (Phi) is 4.50. The summed E-state index contributed by atoms with van der Waals surface area (Å²) in [5, 5.41) is 8.56. The van der Waals surface area contributed by atoms with Crippen LogP contribution in [0.2, 0.25) is 0 Å². The van der Waals surface area contributed by atoms with Gasteiger partial charge in [0.15, 0.2) is 17.0 Å². The molecule has 0 saturated carbocycles. The Balaban J connectivity index is 1.75. The Hall–Kier alpha value is -2.61. The molecule has 0 bridgehead atoms. The van der Waals surface area contributed by atoms with Crippen LogP contribution in [0.3, 0.4) is 0 Å². The molecule has 7 nitrogen and oxygen atoms in total. The van der Waals surface area contributed by atoms with E-state index >= 15 is 0 Å². The second-order valence-electron chi connectivity index (χ2n) is 6.62. The van der Waals surface area contributed by atoms with E-state index in [1.54, 1.807) is 16.8 Å². The molecule has 0 radical (unpaired) electrons. The number of likely N-dealkylation sites (N-methyl/N-ethyl adjacent to an activating group) is 1. The minimum absolute atomic E-state index is 0.250. The summed E-state index contributed by atoms with van der Waals surface area (Å²) in [6.07, 6.45) is 0.724. The van der Waals surface area contributed by atoms with Crippen LogP contribution in [0.15, 0.2) is 24.3 Å². The van der Waals surface area contributed by atoms with Crippen molar-refractivity contribution in [2.24, 2.45) is 0 Å². The van der Waals surface area contributed by atoms with Gasteiger partial charge >= 0.3 is 0 Å². The van der Waals surface area contributed by atoms with E-state index in [0.29, 0.717) is 23.3 Å². The first-order chi connectivity index (χ1) is 12.7. The van der Waals surface area contributed by atoms with Crippen molar-refractivity contribution in [3.8, 4) is 0 Å². The molecule has 4 rings (SSSR count). The maximum absolute atomic E-state index is 14.0. The third-order valence-electron chi connectivity index (χ3n) is 4.79. The Morgan fingerprint density at radius 2 is 1.85 bits per heavy atom. The van der Waals surface area contributed by atoms with E-state index in [1.807, 2.05) is 13.0 Å². The second kappa shape index (κ2) is 6.95. The number of rotatable bonds is 4. The summed E-state index contributed by atoms with van der Waals surface area (Å²) in [5.41, 5.74) is 1.91. The normalized spacial score (nSPS) is 15.7. The highest BCUT2D eigenvalue weighted by atomic mass is 19.1. The zero-order valence-electron chi connectivity index (χ0n) is 15.1. The molecule has 0 amide bonds.